The Bertz CT molecular complexity index is 2730. The highest BCUT2D eigenvalue weighted by Crippen LogP contribution is 2.42. The van der Waals surface area contributed by atoms with Crippen molar-refractivity contribution in [1.82, 2.24) is 15.0 Å². The summed E-state index contributed by atoms with van der Waals surface area (Å²) in [6.07, 6.45) is 0. The summed E-state index contributed by atoms with van der Waals surface area (Å²) >= 11 is 0. The number of para-hydroxylation sites is 2. The van der Waals surface area contributed by atoms with Gasteiger partial charge in [0.2, 0.25) is 11.9 Å². The second-order valence-electron chi connectivity index (χ2n) is 15.0. The van der Waals surface area contributed by atoms with Crippen molar-refractivity contribution in [3.8, 4) is 55.9 Å². The van der Waals surface area contributed by atoms with E-state index in [4.69, 9.17) is 15.0 Å². The molecule has 1 aromatic heterocycles. The molecule has 0 radical (unpaired) electrons. The molecule has 0 aliphatic rings. The molecule has 0 saturated heterocycles. The fourth-order valence-electron chi connectivity index (χ4n) is 7.85. The third-order valence-corrected chi connectivity index (χ3v) is 10.9. The van der Waals surface area contributed by atoms with Gasteiger partial charge in [0.25, 0.3) is 0 Å². The molecule has 0 aliphatic heterocycles. The van der Waals surface area contributed by atoms with Crippen LogP contribution in [0.5, 0.6) is 0 Å². The van der Waals surface area contributed by atoms with Crippen molar-refractivity contribution in [2.24, 2.45) is 0 Å². The number of anilines is 6. The Morgan fingerprint density at radius 2 is 0.468 bits per heavy atom. The molecule has 0 unspecified atom stereocenters. The molecule has 0 aliphatic carbocycles. The number of benzene rings is 9. The van der Waals surface area contributed by atoms with Crippen LogP contribution in [-0.2, 0) is 0 Å². The van der Waals surface area contributed by atoms with Gasteiger partial charge in [-0.2, -0.15) is 15.0 Å². The molecule has 62 heavy (non-hydrogen) atoms. The zero-order valence-electron chi connectivity index (χ0n) is 33.9. The predicted octanol–water partition coefficient (Wildman–Crippen LogP) is 15.1. The molecule has 0 atom stereocenters. The van der Waals surface area contributed by atoms with E-state index in [0.717, 1.165) is 72.8 Å². The van der Waals surface area contributed by atoms with Crippen LogP contribution in [0.15, 0.2) is 249 Å². The second kappa shape index (κ2) is 17.4. The van der Waals surface area contributed by atoms with Crippen molar-refractivity contribution < 1.29 is 0 Å². The van der Waals surface area contributed by atoms with Gasteiger partial charge >= 0.3 is 0 Å². The van der Waals surface area contributed by atoms with Crippen molar-refractivity contribution in [3.63, 3.8) is 0 Å². The summed E-state index contributed by atoms with van der Waals surface area (Å²) in [4.78, 5) is 20.5. The molecule has 0 N–H and O–H groups in total. The van der Waals surface area contributed by atoms with Crippen LogP contribution < -0.4 is 9.80 Å². The molecule has 5 nitrogen and oxygen atoms in total. The Hall–Kier alpha value is -8.41. The Labute approximate surface area is 362 Å². The number of hydrogen-bond acceptors (Lipinski definition) is 5. The summed E-state index contributed by atoms with van der Waals surface area (Å²) in [7, 11) is 0. The van der Waals surface area contributed by atoms with Gasteiger partial charge in [0.15, 0.2) is 5.82 Å². The highest BCUT2D eigenvalue weighted by Gasteiger charge is 2.25. The summed E-state index contributed by atoms with van der Waals surface area (Å²) in [6.45, 7) is 0. The molecule has 9 aromatic carbocycles. The molecule has 5 heteroatoms. The average Bonchev–Trinajstić information content (AvgIpc) is 3.36. The smallest absolute Gasteiger partial charge is 0.240 e. The topological polar surface area (TPSA) is 45.2 Å². The Kier molecular flexibility index (Phi) is 10.6. The maximum atomic E-state index is 5.50. The van der Waals surface area contributed by atoms with Gasteiger partial charge in [0.1, 0.15) is 0 Å². The molecule has 10 aromatic rings. The maximum absolute atomic E-state index is 5.50. The van der Waals surface area contributed by atoms with Crippen LogP contribution in [0.2, 0.25) is 0 Å². The SMILES string of the molecule is c1ccc(-c2cc(-c3ccccc3)cc(N(c3ccccc3)c3nc(-c4ccccc4)nc(N(c4ccccc4)c4cc(-c5ccccc5)cc(-c5ccccc5)c4)n3)c2)cc1. The van der Waals surface area contributed by atoms with E-state index in [1.54, 1.807) is 0 Å². The van der Waals surface area contributed by atoms with Gasteiger partial charge in [-0.3, -0.25) is 9.80 Å². The first-order valence-electron chi connectivity index (χ1n) is 20.8. The van der Waals surface area contributed by atoms with Gasteiger partial charge in [0, 0.05) is 16.9 Å². The molecule has 0 bridgehead atoms. The van der Waals surface area contributed by atoms with E-state index in [9.17, 15) is 0 Å². The van der Waals surface area contributed by atoms with E-state index in [2.05, 4.69) is 228 Å². The first-order valence-corrected chi connectivity index (χ1v) is 20.8. The molecular weight excluding hydrogens is 755 g/mol. The van der Waals surface area contributed by atoms with E-state index in [-0.39, 0.29) is 0 Å². The summed E-state index contributed by atoms with van der Waals surface area (Å²) in [5, 5.41) is 0. The maximum Gasteiger partial charge on any atom is 0.240 e. The van der Waals surface area contributed by atoms with Crippen molar-refractivity contribution >= 4 is 34.6 Å². The molecule has 10 rings (SSSR count). The average molecular weight is 796 g/mol. The van der Waals surface area contributed by atoms with Gasteiger partial charge in [0.05, 0.1) is 11.4 Å². The third kappa shape index (κ3) is 8.11. The highest BCUT2D eigenvalue weighted by atomic mass is 15.3. The summed E-state index contributed by atoms with van der Waals surface area (Å²) < 4.78 is 0. The van der Waals surface area contributed by atoms with Crippen LogP contribution in [0.1, 0.15) is 0 Å². The summed E-state index contributed by atoms with van der Waals surface area (Å²) in [5.41, 5.74) is 13.3. The van der Waals surface area contributed by atoms with E-state index >= 15 is 0 Å². The monoisotopic (exact) mass is 795 g/mol. The minimum absolute atomic E-state index is 0.479. The molecule has 0 fully saturated rings. The van der Waals surface area contributed by atoms with Crippen molar-refractivity contribution in [2.45, 2.75) is 0 Å². The fraction of sp³-hybridized carbons (Fsp3) is 0. The van der Waals surface area contributed by atoms with Crippen LogP contribution >= 0.6 is 0 Å². The normalized spacial score (nSPS) is 10.9. The molecule has 0 amide bonds. The number of rotatable bonds is 11. The van der Waals surface area contributed by atoms with Crippen LogP contribution in [0, 0.1) is 0 Å². The van der Waals surface area contributed by atoms with Gasteiger partial charge in [-0.1, -0.05) is 188 Å². The van der Waals surface area contributed by atoms with E-state index in [0.29, 0.717) is 17.7 Å². The van der Waals surface area contributed by atoms with Crippen molar-refractivity contribution in [2.75, 3.05) is 9.80 Å². The lowest BCUT2D eigenvalue weighted by molar-refractivity contribution is 0.989. The standard InChI is InChI=1S/C57H41N5/c1-8-22-42(23-9-1)47-36-48(43-24-10-2-11-25-43)39-53(38-47)61(51-32-18-6-19-33-51)56-58-55(46-30-16-5-17-31-46)59-57(60-56)62(52-34-20-7-21-35-52)54-40-49(44-26-12-3-13-27-44)37-50(41-54)45-28-14-4-15-29-45/h1-41H. The minimum atomic E-state index is 0.479. The largest absolute Gasteiger partial charge is 0.279 e. The predicted molar refractivity (Wildman–Crippen MR) is 256 cm³/mol. The number of nitrogens with zero attached hydrogens (tertiary/aromatic N) is 5. The van der Waals surface area contributed by atoms with Gasteiger partial charge in [-0.25, -0.2) is 0 Å². The number of aromatic nitrogens is 3. The Morgan fingerprint density at radius 3 is 0.758 bits per heavy atom. The molecule has 0 spiro atoms. The zero-order chi connectivity index (χ0) is 41.5. The van der Waals surface area contributed by atoms with Crippen LogP contribution in [-0.4, -0.2) is 15.0 Å². The second-order valence-corrected chi connectivity index (χ2v) is 15.0. The van der Waals surface area contributed by atoms with Gasteiger partial charge in [-0.05, 0) is 105 Å². The Balaban J connectivity index is 1.24. The van der Waals surface area contributed by atoms with Crippen molar-refractivity contribution in [3.05, 3.63) is 249 Å². The third-order valence-electron chi connectivity index (χ3n) is 10.9. The lowest BCUT2D eigenvalue weighted by atomic mass is 9.97. The lowest BCUT2D eigenvalue weighted by Crippen LogP contribution is -2.19. The van der Waals surface area contributed by atoms with E-state index < -0.39 is 0 Å². The van der Waals surface area contributed by atoms with Crippen LogP contribution in [0.4, 0.5) is 34.6 Å². The molecule has 294 valence electrons. The first kappa shape index (κ1) is 37.8. The molecule has 0 saturated carbocycles. The van der Waals surface area contributed by atoms with Crippen molar-refractivity contribution in [1.29, 1.82) is 0 Å². The van der Waals surface area contributed by atoms with E-state index in [1.165, 1.54) is 0 Å². The van der Waals surface area contributed by atoms with Gasteiger partial charge < -0.3 is 0 Å². The first-order chi connectivity index (χ1) is 30.7. The fourth-order valence-corrected chi connectivity index (χ4v) is 7.85. The lowest BCUT2D eigenvalue weighted by Gasteiger charge is -2.28. The van der Waals surface area contributed by atoms with Gasteiger partial charge in [-0.15, -0.1) is 0 Å². The molecular formula is C57H41N5. The minimum Gasteiger partial charge on any atom is -0.279 e. The summed E-state index contributed by atoms with van der Waals surface area (Å²) in [6, 6.07) is 86.4. The van der Waals surface area contributed by atoms with E-state index in [1.807, 2.05) is 30.3 Å². The zero-order valence-corrected chi connectivity index (χ0v) is 33.9. The quantitative estimate of drug-likeness (QED) is 0.130. The molecule has 1 heterocycles. The highest BCUT2D eigenvalue weighted by molar-refractivity contribution is 5.86. The van der Waals surface area contributed by atoms with Crippen LogP contribution in [0.25, 0.3) is 55.9 Å². The summed E-state index contributed by atoms with van der Waals surface area (Å²) in [5.74, 6) is 1.51. The number of hydrogen-bond donors (Lipinski definition) is 0. The van der Waals surface area contributed by atoms with Crippen LogP contribution in [0.3, 0.4) is 0 Å². The Morgan fingerprint density at radius 1 is 0.210 bits per heavy atom.